The van der Waals surface area contributed by atoms with Crippen LogP contribution < -0.4 is 4.72 Å². The third kappa shape index (κ3) is 3.82. The summed E-state index contributed by atoms with van der Waals surface area (Å²) in [6, 6.07) is 10.2. The number of hydrogen-bond acceptors (Lipinski definition) is 7. The standard InChI is InChI=1S/C19H19ClN8O2S/c1-11-22-12(2)27(25-11)17-10-9-16(31(29,30)21-4)19(24-17)28-13(3)23-18(26-28)14-7-5-6-8-15(14)20/h5-10,21H,1-4H3. The predicted octanol–water partition coefficient (Wildman–Crippen LogP) is 2.40. The van der Waals surface area contributed by atoms with Crippen LogP contribution in [0.4, 0.5) is 0 Å². The van der Waals surface area contributed by atoms with E-state index in [1.807, 2.05) is 6.07 Å². The van der Waals surface area contributed by atoms with Gasteiger partial charge in [0.15, 0.2) is 17.5 Å². The minimum Gasteiger partial charge on any atom is -0.217 e. The largest absolute Gasteiger partial charge is 0.244 e. The number of nitrogens with zero attached hydrogens (tertiary/aromatic N) is 7. The van der Waals surface area contributed by atoms with Gasteiger partial charge in [0, 0.05) is 5.56 Å². The van der Waals surface area contributed by atoms with Crippen molar-refractivity contribution in [3.8, 4) is 23.0 Å². The highest BCUT2D eigenvalue weighted by Crippen LogP contribution is 2.27. The van der Waals surface area contributed by atoms with Crippen LogP contribution in [-0.2, 0) is 10.0 Å². The van der Waals surface area contributed by atoms with Crippen LogP contribution in [-0.4, -0.2) is 50.0 Å². The summed E-state index contributed by atoms with van der Waals surface area (Å²) in [6.45, 7) is 5.26. The van der Waals surface area contributed by atoms with E-state index in [9.17, 15) is 8.42 Å². The molecule has 0 atom stereocenters. The van der Waals surface area contributed by atoms with Crippen LogP contribution in [0.3, 0.4) is 0 Å². The number of aryl methyl sites for hydroxylation is 3. The molecule has 0 saturated heterocycles. The van der Waals surface area contributed by atoms with Crippen molar-refractivity contribution in [3.63, 3.8) is 0 Å². The monoisotopic (exact) mass is 458 g/mol. The van der Waals surface area contributed by atoms with Crippen LogP contribution in [0.15, 0.2) is 41.3 Å². The molecule has 0 aliphatic rings. The SMILES string of the molecule is CNS(=O)(=O)c1ccc(-n2nc(C)nc2C)nc1-n1nc(-c2ccccc2Cl)nc1C. The lowest BCUT2D eigenvalue weighted by Crippen LogP contribution is -2.22. The molecule has 0 aliphatic carbocycles. The summed E-state index contributed by atoms with van der Waals surface area (Å²) >= 11 is 6.29. The molecule has 3 heterocycles. The fourth-order valence-electron chi connectivity index (χ4n) is 3.10. The van der Waals surface area contributed by atoms with Gasteiger partial charge in [0.2, 0.25) is 10.0 Å². The lowest BCUT2D eigenvalue weighted by Gasteiger charge is -2.12. The van der Waals surface area contributed by atoms with Gasteiger partial charge in [0.05, 0.1) is 5.02 Å². The number of sulfonamides is 1. The molecule has 3 aromatic heterocycles. The average molecular weight is 459 g/mol. The molecule has 0 saturated carbocycles. The second-order valence-corrected chi connectivity index (χ2v) is 8.95. The number of rotatable bonds is 5. The summed E-state index contributed by atoms with van der Waals surface area (Å²) in [5.74, 6) is 2.48. The molecule has 1 N–H and O–H groups in total. The Morgan fingerprint density at radius 1 is 0.903 bits per heavy atom. The summed E-state index contributed by atoms with van der Waals surface area (Å²) in [6.07, 6.45) is 0. The van der Waals surface area contributed by atoms with Crippen LogP contribution in [0, 0.1) is 20.8 Å². The van der Waals surface area contributed by atoms with Crippen molar-refractivity contribution in [1.82, 2.24) is 39.2 Å². The first-order valence-corrected chi connectivity index (χ1v) is 11.1. The average Bonchev–Trinajstić information content (AvgIpc) is 3.29. The van der Waals surface area contributed by atoms with E-state index in [0.29, 0.717) is 39.7 Å². The molecule has 12 heteroatoms. The molecule has 31 heavy (non-hydrogen) atoms. The number of halogens is 1. The summed E-state index contributed by atoms with van der Waals surface area (Å²) in [5.41, 5.74) is 0.628. The van der Waals surface area contributed by atoms with Crippen molar-refractivity contribution in [2.75, 3.05) is 7.05 Å². The van der Waals surface area contributed by atoms with Crippen LogP contribution >= 0.6 is 11.6 Å². The maximum absolute atomic E-state index is 12.7. The molecule has 0 aliphatic heterocycles. The van der Waals surface area contributed by atoms with Crippen LogP contribution in [0.1, 0.15) is 17.5 Å². The Kier molecular flexibility index (Phi) is 5.33. The first-order valence-electron chi connectivity index (χ1n) is 9.25. The molecular weight excluding hydrogens is 440 g/mol. The molecule has 0 radical (unpaired) electrons. The van der Waals surface area contributed by atoms with Crippen LogP contribution in [0.2, 0.25) is 5.02 Å². The number of hydrogen-bond donors (Lipinski definition) is 1. The van der Waals surface area contributed by atoms with Gasteiger partial charge in [-0.2, -0.15) is 9.36 Å². The Balaban J connectivity index is 1.95. The van der Waals surface area contributed by atoms with Crippen LogP contribution in [0.5, 0.6) is 0 Å². The smallest absolute Gasteiger partial charge is 0.217 e. The van der Waals surface area contributed by atoms with Gasteiger partial charge in [0.1, 0.15) is 22.4 Å². The van der Waals surface area contributed by atoms with Gasteiger partial charge in [-0.05, 0) is 52.1 Å². The molecule has 0 amide bonds. The van der Waals surface area contributed by atoms with E-state index < -0.39 is 10.0 Å². The normalized spacial score (nSPS) is 11.8. The minimum absolute atomic E-state index is 0.0491. The zero-order valence-corrected chi connectivity index (χ0v) is 18.8. The van der Waals surface area contributed by atoms with Crippen molar-refractivity contribution in [1.29, 1.82) is 0 Å². The molecule has 1 aromatic carbocycles. The molecule has 10 nitrogen and oxygen atoms in total. The van der Waals surface area contributed by atoms with Gasteiger partial charge in [0.25, 0.3) is 0 Å². The van der Waals surface area contributed by atoms with E-state index in [2.05, 4.69) is 29.9 Å². The zero-order chi connectivity index (χ0) is 22.3. The molecule has 4 rings (SSSR count). The first-order chi connectivity index (χ1) is 14.7. The fraction of sp³-hybridized carbons (Fsp3) is 0.211. The Hall–Kier alpha value is -3.15. The second-order valence-electron chi connectivity index (χ2n) is 6.69. The topological polar surface area (TPSA) is 120 Å². The van der Waals surface area contributed by atoms with E-state index in [4.69, 9.17) is 11.6 Å². The molecule has 0 fully saturated rings. The van der Waals surface area contributed by atoms with E-state index in [1.54, 1.807) is 45.0 Å². The Morgan fingerprint density at radius 3 is 2.26 bits per heavy atom. The van der Waals surface area contributed by atoms with E-state index in [0.717, 1.165) is 0 Å². The van der Waals surface area contributed by atoms with Gasteiger partial charge < -0.3 is 0 Å². The second kappa shape index (κ2) is 7.84. The van der Waals surface area contributed by atoms with Gasteiger partial charge in [-0.15, -0.1) is 10.2 Å². The van der Waals surface area contributed by atoms with Crippen molar-refractivity contribution in [3.05, 3.63) is 58.9 Å². The molecule has 160 valence electrons. The summed E-state index contributed by atoms with van der Waals surface area (Å²) in [4.78, 5) is 13.3. The highest BCUT2D eigenvalue weighted by molar-refractivity contribution is 7.89. The number of pyridine rings is 1. The maximum atomic E-state index is 12.7. The minimum atomic E-state index is -3.83. The Labute approximate surface area is 184 Å². The predicted molar refractivity (Wildman–Crippen MR) is 115 cm³/mol. The van der Waals surface area contributed by atoms with Gasteiger partial charge in [-0.25, -0.2) is 28.1 Å². The third-order valence-electron chi connectivity index (χ3n) is 4.56. The lowest BCUT2D eigenvalue weighted by molar-refractivity contribution is 0.586. The van der Waals surface area contributed by atoms with Gasteiger partial charge in [-0.3, -0.25) is 0 Å². The fourth-order valence-corrected chi connectivity index (χ4v) is 4.16. The van der Waals surface area contributed by atoms with E-state index in [-0.39, 0.29) is 10.7 Å². The van der Waals surface area contributed by atoms with Gasteiger partial charge in [-0.1, -0.05) is 23.7 Å². The van der Waals surface area contributed by atoms with Crippen molar-refractivity contribution < 1.29 is 8.42 Å². The van der Waals surface area contributed by atoms with Crippen molar-refractivity contribution in [2.45, 2.75) is 25.7 Å². The maximum Gasteiger partial charge on any atom is 0.244 e. The number of benzene rings is 1. The van der Waals surface area contributed by atoms with Crippen LogP contribution in [0.25, 0.3) is 23.0 Å². The Morgan fingerprint density at radius 2 is 1.61 bits per heavy atom. The van der Waals surface area contributed by atoms with E-state index >= 15 is 0 Å². The zero-order valence-electron chi connectivity index (χ0n) is 17.2. The highest BCUT2D eigenvalue weighted by Gasteiger charge is 2.24. The molecule has 0 bridgehead atoms. The first kappa shape index (κ1) is 21.1. The molecule has 0 spiro atoms. The molecule has 4 aromatic rings. The quantitative estimate of drug-likeness (QED) is 0.487. The number of nitrogens with one attached hydrogen (secondary N) is 1. The van der Waals surface area contributed by atoms with Gasteiger partial charge >= 0.3 is 0 Å². The summed E-state index contributed by atoms with van der Waals surface area (Å²) < 4.78 is 30.6. The van der Waals surface area contributed by atoms with E-state index in [1.165, 1.54) is 22.5 Å². The Bertz CT molecular complexity index is 1390. The highest BCUT2D eigenvalue weighted by atomic mass is 35.5. The van der Waals surface area contributed by atoms with Crippen molar-refractivity contribution in [2.24, 2.45) is 0 Å². The summed E-state index contributed by atoms with van der Waals surface area (Å²) in [7, 11) is -2.50. The van der Waals surface area contributed by atoms with Crippen molar-refractivity contribution >= 4 is 21.6 Å². The number of aromatic nitrogens is 7. The molecular formula is C19H19ClN8O2S. The third-order valence-corrected chi connectivity index (χ3v) is 6.32. The summed E-state index contributed by atoms with van der Waals surface area (Å²) in [5, 5.41) is 9.32. The lowest BCUT2D eigenvalue weighted by atomic mass is 10.2. The molecule has 0 unspecified atom stereocenters.